The summed E-state index contributed by atoms with van der Waals surface area (Å²) in [5.41, 5.74) is 0. The molecule has 1 aromatic rings. The molecule has 1 heterocycles. The fourth-order valence-electron chi connectivity index (χ4n) is 0.834. The monoisotopic (exact) mass is 184 g/mol. The van der Waals surface area contributed by atoms with E-state index in [2.05, 4.69) is 29.6 Å². The number of hydrogen-bond donors (Lipinski definition) is 1. The van der Waals surface area contributed by atoms with Crippen LogP contribution in [0.1, 0.15) is 0 Å². The van der Waals surface area contributed by atoms with Gasteiger partial charge in [-0.3, -0.25) is 0 Å². The summed E-state index contributed by atoms with van der Waals surface area (Å²) >= 11 is 0. The molecule has 1 aromatic heterocycles. The first kappa shape index (κ1) is 9.19. The molecule has 4 heteroatoms. The lowest BCUT2D eigenvalue weighted by atomic mass is 10.5. The highest BCUT2D eigenvalue weighted by atomic mass is 28.3. The fraction of sp³-hybridized carbons (Fsp3) is 0.375. The van der Waals surface area contributed by atoms with Crippen LogP contribution in [0.4, 0.5) is 10.2 Å². The largest absolute Gasteiger partial charge is 0.396 e. The van der Waals surface area contributed by atoms with Gasteiger partial charge < -0.3 is 4.98 Å². The van der Waals surface area contributed by atoms with Crippen molar-refractivity contribution in [3.8, 4) is 0 Å². The lowest BCUT2D eigenvalue weighted by Crippen LogP contribution is -2.32. The van der Waals surface area contributed by atoms with Crippen LogP contribution in [-0.2, 0) is 0 Å². The third-order valence-electron chi connectivity index (χ3n) is 1.23. The highest BCUT2D eigenvalue weighted by Gasteiger charge is 2.12. The van der Waals surface area contributed by atoms with E-state index in [1.165, 1.54) is 12.3 Å². The zero-order chi connectivity index (χ0) is 9.19. The van der Waals surface area contributed by atoms with Crippen molar-refractivity contribution >= 4 is 14.1 Å². The number of nitrogens with one attached hydrogen (secondary N) is 1. The molecule has 0 saturated heterocycles. The van der Waals surface area contributed by atoms with Crippen LogP contribution in [0.15, 0.2) is 18.3 Å². The number of anilines is 1. The first-order valence-corrected chi connectivity index (χ1v) is 7.37. The minimum absolute atomic E-state index is 0.295. The maximum absolute atomic E-state index is 12.4. The second-order valence-corrected chi connectivity index (χ2v) is 8.49. The molecule has 0 aromatic carbocycles. The Bertz CT molecular complexity index is 253. The van der Waals surface area contributed by atoms with Crippen molar-refractivity contribution in [1.29, 1.82) is 0 Å². The van der Waals surface area contributed by atoms with E-state index in [0.29, 0.717) is 0 Å². The summed E-state index contributed by atoms with van der Waals surface area (Å²) < 4.78 is 12.4. The Labute approximate surface area is 72.9 Å². The molecular weight excluding hydrogens is 171 g/mol. The smallest absolute Gasteiger partial charge is 0.145 e. The van der Waals surface area contributed by atoms with Gasteiger partial charge in [0.1, 0.15) is 19.9 Å². The SMILES string of the molecule is C[Si](C)(C)Nc1ccc(F)cn1. The lowest BCUT2D eigenvalue weighted by Gasteiger charge is -2.18. The Hall–Kier alpha value is -0.903. The summed E-state index contributed by atoms with van der Waals surface area (Å²) in [6.45, 7) is 6.49. The molecule has 1 rings (SSSR count). The first-order valence-electron chi connectivity index (χ1n) is 3.87. The molecule has 0 aliphatic heterocycles. The average Bonchev–Trinajstić information content (AvgIpc) is 1.91. The van der Waals surface area contributed by atoms with Crippen molar-refractivity contribution in [2.75, 3.05) is 4.98 Å². The molecule has 0 saturated carbocycles. The maximum Gasteiger partial charge on any atom is 0.145 e. The summed E-state index contributed by atoms with van der Waals surface area (Å²) in [6, 6.07) is 3.07. The van der Waals surface area contributed by atoms with Crippen molar-refractivity contribution in [1.82, 2.24) is 4.98 Å². The molecule has 0 bridgehead atoms. The second kappa shape index (κ2) is 3.22. The summed E-state index contributed by atoms with van der Waals surface area (Å²) in [5, 5.41) is 0. The van der Waals surface area contributed by atoms with Crippen LogP contribution in [0, 0.1) is 5.82 Å². The minimum atomic E-state index is -1.35. The van der Waals surface area contributed by atoms with Crippen molar-refractivity contribution in [3.63, 3.8) is 0 Å². The van der Waals surface area contributed by atoms with Gasteiger partial charge in [-0.1, -0.05) is 19.6 Å². The minimum Gasteiger partial charge on any atom is -0.396 e. The normalized spacial score (nSPS) is 11.3. The van der Waals surface area contributed by atoms with Crippen LogP contribution in [-0.4, -0.2) is 13.2 Å². The van der Waals surface area contributed by atoms with Crippen LogP contribution in [0.5, 0.6) is 0 Å². The van der Waals surface area contributed by atoms with Gasteiger partial charge in [0, 0.05) is 0 Å². The van der Waals surface area contributed by atoms with Gasteiger partial charge in [0.05, 0.1) is 6.20 Å². The summed E-state index contributed by atoms with van der Waals surface area (Å²) in [5.74, 6) is 0.465. The average molecular weight is 184 g/mol. The van der Waals surface area contributed by atoms with E-state index in [1.54, 1.807) is 6.07 Å². The molecule has 0 amide bonds. The highest BCUT2D eigenvalue weighted by Crippen LogP contribution is 2.08. The van der Waals surface area contributed by atoms with Gasteiger partial charge in [-0.15, -0.1) is 0 Å². The Morgan fingerprint density at radius 1 is 1.33 bits per heavy atom. The van der Waals surface area contributed by atoms with E-state index >= 15 is 0 Å². The van der Waals surface area contributed by atoms with Crippen molar-refractivity contribution in [2.24, 2.45) is 0 Å². The molecule has 0 fully saturated rings. The zero-order valence-corrected chi connectivity index (χ0v) is 8.56. The fourth-order valence-corrected chi connectivity index (χ4v) is 1.75. The maximum atomic E-state index is 12.4. The summed E-state index contributed by atoms with van der Waals surface area (Å²) in [6.07, 6.45) is 1.22. The lowest BCUT2D eigenvalue weighted by molar-refractivity contribution is 0.622. The van der Waals surface area contributed by atoms with Gasteiger partial charge in [0.2, 0.25) is 0 Å². The topological polar surface area (TPSA) is 24.9 Å². The van der Waals surface area contributed by atoms with Crippen LogP contribution >= 0.6 is 0 Å². The van der Waals surface area contributed by atoms with Gasteiger partial charge in [0.15, 0.2) is 0 Å². The third-order valence-corrected chi connectivity index (χ3v) is 2.24. The standard InChI is InChI=1S/C8H13FN2Si/c1-12(2,3)11-8-5-4-7(9)6-10-8/h4-6H,1-3H3,(H,10,11). The number of pyridine rings is 1. The summed E-state index contributed by atoms with van der Waals surface area (Å²) in [4.78, 5) is 7.18. The number of halogens is 1. The van der Waals surface area contributed by atoms with Crippen molar-refractivity contribution in [2.45, 2.75) is 19.6 Å². The van der Waals surface area contributed by atoms with Gasteiger partial charge in [-0.25, -0.2) is 9.37 Å². The zero-order valence-electron chi connectivity index (χ0n) is 7.56. The number of hydrogen-bond acceptors (Lipinski definition) is 2. The van der Waals surface area contributed by atoms with Crippen LogP contribution < -0.4 is 4.98 Å². The first-order chi connectivity index (χ1) is 5.47. The second-order valence-electron chi connectivity index (χ2n) is 3.74. The molecule has 0 spiro atoms. The number of aromatic nitrogens is 1. The van der Waals surface area contributed by atoms with Crippen LogP contribution in [0.25, 0.3) is 0 Å². The number of rotatable bonds is 2. The predicted octanol–water partition coefficient (Wildman–Crippen LogP) is 2.47. The summed E-state index contributed by atoms with van der Waals surface area (Å²) in [7, 11) is -1.35. The Balaban J connectivity index is 2.71. The molecule has 2 nitrogen and oxygen atoms in total. The molecule has 0 unspecified atom stereocenters. The van der Waals surface area contributed by atoms with E-state index in [4.69, 9.17) is 0 Å². The van der Waals surface area contributed by atoms with Crippen molar-refractivity contribution in [3.05, 3.63) is 24.1 Å². The molecule has 1 N–H and O–H groups in total. The van der Waals surface area contributed by atoms with Gasteiger partial charge in [0.25, 0.3) is 0 Å². The molecule has 0 aliphatic rings. The van der Waals surface area contributed by atoms with E-state index in [1.807, 2.05) is 0 Å². The van der Waals surface area contributed by atoms with E-state index < -0.39 is 8.24 Å². The molecule has 66 valence electrons. The molecule has 0 atom stereocenters. The highest BCUT2D eigenvalue weighted by molar-refractivity contribution is 6.79. The molecule has 0 radical (unpaired) electrons. The van der Waals surface area contributed by atoms with Gasteiger partial charge in [-0.2, -0.15) is 0 Å². The Kier molecular flexibility index (Phi) is 2.47. The number of nitrogens with zero attached hydrogens (tertiary/aromatic N) is 1. The van der Waals surface area contributed by atoms with Crippen LogP contribution in [0.3, 0.4) is 0 Å². The Morgan fingerprint density at radius 3 is 2.42 bits per heavy atom. The van der Waals surface area contributed by atoms with Gasteiger partial charge in [-0.05, 0) is 12.1 Å². The molecule has 0 aliphatic carbocycles. The molecular formula is C8H13FN2Si. The Morgan fingerprint density at radius 2 is 2.00 bits per heavy atom. The van der Waals surface area contributed by atoms with Gasteiger partial charge >= 0.3 is 0 Å². The van der Waals surface area contributed by atoms with Crippen molar-refractivity contribution < 1.29 is 4.39 Å². The van der Waals surface area contributed by atoms with E-state index in [-0.39, 0.29) is 5.82 Å². The predicted molar refractivity (Wildman–Crippen MR) is 51.2 cm³/mol. The quantitative estimate of drug-likeness (QED) is 0.714. The van der Waals surface area contributed by atoms with Crippen LogP contribution in [0.2, 0.25) is 19.6 Å². The van der Waals surface area contributed by atoms with E-state index in [0.717, 1.165) is 5.82 Å². The van der Waals surface area contributed by atoms with E-state index in [9.17, 15) is 4.39 Å². The third kappa shape index (κ3) is 3.00. The molecule has 12 heavy (non-hydrogen) atoms.